The molecular weight excluding hydrogens is 623 g/mol. The molecule has 0 N–H and O–H groups in total. The van der Waals surface area contributed by atoms with Crippen molar-refractivity contribution in [1.82, 2.24) is 4.57 Å². The van der Waals surface area contributed by atoms with Crippen LogP contribution in [-0.2, 0) is 0 Å². The van der Waals surface area contributed by atoms with Crippen LogP contribution >= 0.6 is 0 Å². The van der Waals surface area contributed by atoms with Crippen molar-refractivity contribution in [2.24, 2.45) is 0 Å². The Morgan fingerprint density at radius 3 is 1.75 bits per heavy atom. The van der Waals surface area contributed by atoms with E-state index in [4.69, 9.17) is 9.47 Å². The van der Waals surface area contributed by atoms with Gasteiger partial charge in [0.1, 0.15) is 23.0 Å². The molecule has 1 aliphatic rings. The van der Waals surface area contributed by atoms with Gasteiger partial charge in [-0.15, -0.1) is 0 Å². The van der Waals surface area contributed by atoms with Gasteiger partial charge >= 0.3 is 0 Å². The summed E-state index contributed by atoms with van der Waals surface area (Å²) in [6, 6.07) is 65.7. The Kier molecular flexibility index (Phi) is 6.81. The maximum atomic E-state index is 7.18. The predicted molar refractivity (Wildman–Crippen MR) is 209 cm³/mol. The van der Waals surface area contributed by atoms with Gasteiger partial charge in [-0.3, -0.25) is 0 Å². The van der Waals surface area contributed by atoms with Crippen LogP contribution in [0, 0.1) is 0 Å². The molecule has 2 heterocycles. The van der Waals surface area contributed by atoms with E-state index in [1.807, 2.05) is 30.3 Å². The van der Waals surface area contributed by atoms with Crippen LogP contribution in [0.15, 0.2) is 188 Å². The second kappa shape index (κ2) is 11.9. The highest BCUT2D eigenvalue weighted by atomic mass is 16.5. The van der Waals surface area contributed by atoms with E-state index in [-0.39, 0.29) is 0 Å². The first kappa shape index (κ1) is 29.1. The van der Waals surface area contributed by atoms with E-state index in [9.17, 15) is 0 Å². The molecule has 10 rings (SSSR count). The van der Waals surface area contributed by atoms with Gasteiger partial charge in [-0.2, -0.15) is 0 Å². The summed E-state index contributed by atoms with van der Waals surface area (Å²) in [6.45, 7) is 0. The molecule has 1 aromatic heterocycles. The van der Waals surface area contributed by atoms with E-state index in [1.165, 1.54) is 10.8 Å². The molecule has 3 nitrogen and oxygen atoms in total. The van der Waals surface area contributed by atoms with Crippen LogP contribution in [-0.4, -0.2) is 4.57 Å². The Balaban J connectivity index is 1.28. The molecule has 0 spiro atoms. The van der Waals surface area contributed by atoms with Crippen molar-refractivity contribution in [1.29, 1.82) is 0 Å². The number of benzene rings is 8. The Labute approximate surface area is 296 Å². The zero-order valence-corrected chi connectivity index (χ0v) is 27.7. The summed E-state index contributed by atoms with van der Waals surface area (Å²) in [5.74, 6) is 3.06. The fourth-order valence-corrected chi connectivity index (χ4v) is 7.62. The Hall–Kier alpha value is -6.84. The number of rotatable bonds is 3. The fourth-order valence-electron chi connectivity index (χ4n) is 7.62. The molecule has 0 radical (unpaired) electrons. The quantitative estimate of drug-likeness (QED) is 0.189. The molecule has 0 unspecified atom stereocenters. The molecule has 0 atom stereocenters. The van der Waals surface area contributed by atoms with Gasteiger partial charge < -0.3 is 14.0 Å². The predicted octanol–water partition coefficient (Wildman–Crippen LogP) is 13.3. The van der Waals surface area contributed by atoms with Crippen molar-refractivity contribution < 1.29 is 9.47 Å². The monoisotopic (exact) mass is 653 g/mol. The molecule has 0 saturated carbocycles. The summed E-state index contributed by atoms with van der Waals surface area (Å²) < 4.78 is 16.5. The number of hydrogen-bond donors (Lipinski definition) is 0. The van der Waals surface area contributed by atoms with E-state index in [2.05, 4.69) is 162 Å². The highest BCUT2D eigenvalue weighted by Crippen LogP contribution is 2.51. The van der Waals surface area contributed by atoms with Gasteiger partial charge in [0.25, 0.3) is 0 Å². The van der Waals surface area contributed by atoms with Gasteiger partial charge in [0.15, 0.2) is 0 Å². The van der Waals surface area contributed by atoms with Gasteiger partial charge in [0.05, 0.1) is 11.0 Å². The van der Waals surface area contributed by atoms with E-state index < -0.39 is 0 Å². The Morgan fingerprint density at radius 2 is 0.902 bits per heavy atom. The standard InChI is InChI=1S/C48H31NO2/c1-3-15-32(16-4-1)33-29-30-37-36-20-8-11-26-43(36)50-44-27-12-9-21-41(44)47-38(22-14-28-45(47)51-46(37)31-33)40-24-13-23-39-35-19-7-10-25-42(35)49(48(39)40)34-17-5-2-6-18-34/h1-31H. The molecule has 0 saturated heterocycles. The molecule has 9 aromatic rings. The number of aromatic nitrogens is 1. The van der Waals surface area contributed by atoms with E-state index in [0.29, 0.717) is 0 Å². The van der Waals surface area contributed by atoms with Crippen molar-refractivity contribution in [2.45, 2.75) is 0 Å². The van der Waals surface area contributed by atoms with Gasteiger partial charge in [0, 0.05) is 44.3 Å². The zero-order chi connectivity index (χ0) is 33.7. The van der Waals surface area contributed by atoms with Crippen LogP contribution in [0.2, 0.25) is 0 Å². The SMILES string of the molecule is c1ccc(-c2ccc3c(c2)Oc2cccc(-c4cccc5c6ccccc6n(-c6ccccc6)c45)c2-c2ccccc2Oc2ccccc2-3)cc1. The average Bonchev–Trinajstić information content (AvgIpc) is 3.54. The highest BCUT2D eigenvalue weighted by molar-refractivity contribution is 6.15. The number of fused-ring (bicyclic) bond motifs is 9. The lowest BCUT2D eigenvalue weighted by Gasteiger charge is -2.24. The molecule has 0 fully saturated rings. The third kappa shape index (κ3) is 4.82. The van der Waals surface area contributed by atoms with Crippen molar-refractivity contribution in [2.75, 3.05) is 0 Å². The topological polar surface area (TPSA) is 23.4 Å². The first-order chi connectivity index (χ1) is 25.3. The van der Waals surface area contributed by atoms with Gasteiger partial charge in [-0.25, -0.2) is 0 Å². The zero-order valence-electron chi connectivity index (χ0n) is 27.7. The summed E-state index contributed by atoms with van der Waals surface area (Å²) in [6.07, 6.45) is 0. The van der Waals surface area contributed by atoms with Crippen LogP contribution in [0.5, 0.6) is 23.0 Å². The summed E-state index contributed by atoms with van der Waals surface area (Å²) in [7, 11) is 0. The number of ether oxygens (including phenoxy) is 2. The summed E-state index contributed by atoms with van der Waals surface area (Å²) in [5, 5.41) is 2.41. The van der Waals surface area contributed by atoms with Crippen LogP contribution < -0.4 is 9.47 Å². The normalized spacial score (nSPS) is 11.8. The van der Waals surface area contributed by atoms with Crippen LogP contribution in [0.4, 0.5) is 0 Å². The van der Waals surface area contributed by atoms with Crippen LogP contribution in [0.25, 0.3) is 72.0 Å². The minimum atomic E-state index is 0.758. The van der Waals surface area contributed by atoms with Gasteiger partial charge in [-0.1, -0.05) is 140 Å². The minimum absolute atomic E-state index is 0.758. The van der Waals surface area contributed by atoms with Crippen molar-refractivity contribution in [3.63, 3.8) is 0 Å². The van der Waals surface area contributed by atoms with E-state index in [0.717, 1.165) is 84.2 Å². The summed E-state index contributed by atoms with van der Waals surface area (Å²) in [5.41, 5.74) is 11.7. The van der Waals surface area contributed by atoms with Crippen LogP contribution in [0.1, 0.15) is 0 Å². The Morgan fingerprint density at radius 1 is 0.333 bits per heavy atom. The largest absolute Gasteiger partial charge is 0.456 e. The highest BCUT2D eigenvalue weighted by Gasteiger charge is 2.25. The third-order valence-corrected chi connectivity index (χ3v) is 9.89. The molecule has 1 aliphatic heterocycles. The molecule has 3 heteroatoms. The van der Waals surface area contributed by atoms with Crippen molar-refractivity contribution in [3.8, 4) is 73.2 Å². The van der Waals surface area contributed by atoms with Crippen LogP contribution in [0.3, 0.4) is 0 Å². The molecule has 0 aliphatic carbocycles. The molecule has 0 amide bonds. The molecule has 8 aromatic carbocycles. The van der Waals surface area contributed by atoms with E-state index in [1.54, 1.807) is 0 Å². The molecule has 51 heavy (non-hydrogen) atoms. The minimum Gasteiger partial charge on any atom is -0.456 e. The lowest BCUT2D eigenvalue weighted by atomic mass is 9.91. The molecular formula is C48H31NO2. The third-order valence-electron chi connectivity index (χ3n) is 9.89. The smallest absolute Gasteiger partial charge is 0.136 e. The maximum absolute atomic E-state index is 7.18. The Bertz CT molecular complexity index is 2740. The molecule has 240 valence electrons. The first-order valence-electron chi connectivity index (χ1n) is 17.3. The fraction of sp³-hybridized carbons (Fsp3) is 0. The summed E-state index contributed by atoms with van der Waals surface area (Å²) in [4.78, 5) is 0. The van der Waals surface area contributed by atoms with E-state index >= 15 is 0 Å². The lowest BCUT2D eigenvalue weighted by Crippen LogP contribution is -2.00. The van der Waals surface area contributed by atoms with Crippen molar-refractivity contribution >= 4 is 21.8 Å². The number of nitrogens with zero attached hydrogens (tertiary/aromatic N) is 1. The number of hydrogen-bond acceptors (Lipinski definition) is 2. The van der Waals surface area contributed by atoms with Gasteiger partial charge in [-0.05, 0) is 65.2 Å². The summed E-state index contributed by atoms with van der Waals surface area (Å²) >= 11 is 0. The second-order valence-corrected chi connectivity index (χ2v) is 12.8. The first-order valence-corrected chi connectivity index (χ1v) is 17.3. The lowest BCUT2D eigenvalue weighted by molar-refractivity contribution is 0.472. The maximum Gasteiger partial charge on any atom is 0.136 e. The molecule has 0 bridgehead atoms. The average molecular weight is 654 g/mol. The number of para-hydroxylation sites is 5. The van der Waals surface area contributed by atoms with Crippen molar-refractivity contribution in [3.05, 3.63) is 188 Å². The van der Waals surface area contributed by atoms with Gasteiger partial charge in [0.2, 0.25) is 0 Å². The second-order valence-electron chi connectivity index (χ2n) is 12.8.